The Labute approximate surface area is 486 Å². The molecule has 4 aliphatic rings. The summed E-state index contributed by atoms with van der Waals surface area (Å²) in [6.07, 6.45) is 7.54. The van der Waals surface area contributed by atoms with Crippen molar-refractivity contribution in [3.63, 3.8) is 0 Å². The van der Waals surface area contributed by atoms with Gasteiger partial charge in [-0.25, -0.2) is 28.7 Å². The number of aliphatic hydroxyl groups is 2. The molecule has 426 valence electrons. The summed E-state index contributed by atoms with van der Waals surface area (Å²) in [5.41, 5.74) is 9.33. The topological polar surface area (TPSA) is 158 Å². The van der Waals surface area contributed by atoms with Gasteiger partial charge < -0.3 is 34.7 Å². The fourth-order valence-corrected chi connectivity index (χ4v) is 13.6. The van der Waals surface area contributed by atoms with Crippen molar-refractivity contribution < 1.29 is 28.6 Å². The second-order valence-corrected chi connectivity index (χ2v) is 24.7. The lowest BCUT2D eigenvalue weighted by molar-refractivity contribution is -0.139. The lowest BCUT2D eigenvalue weighted by Crippen LogP contribution is -2.56. The lowest BCUT2D eigenvalue weighted by atomic mass is 9.73. The summed E-state index contributed by atoms with van der Waals surface area (Å²) < 4.78 is 32.1. The molecule has 12 rings (SSSR count). The number of carbonyl (C=O) groups is 2. The number of rotatable bonds is 17. The van der Waals surface area contributed by atoms with Crippen LogP contribution in [0.1, 0.15) is 38.1 Å². The van der Waals surface area contributed by atoms with Crippen LogP contribution in [0.15, 0.2) is 94.4 Å². The molecule has 1 amide bonds. The van der Waals surface area contributed by atoms with Crippen molar-refractivity contribution >= 4 is 94.9 Å². The molecule has 3 saturated heterocycles. The standard InChI is InChI=1S/C30H34BrFN6O2S.C29H34FN7O2S/c1-3-24-29(35(2)30-34-27(28(31)41-30)20-4-6-22(32)7-5-20)38-16-23(8-9-26(38)33-24)37-12-10-36(11-13-37)17-25(40)21-14-19(15-21)18-39;1-3-24-28(33(2)29-32-25(19-40-29)21-4-6-22(30)7-5-21)37-16-23(8-9-26(37)31-24)35-12-10-34(11-13-35)17-27(39)36-14-20(15-36)18-38/h4-9,16,19,21,39H,3,10-15,17-18H2,1-2H3;4-9,16,19-20,38H,3,10-15,17-18H2,1-2H3. The number of hydrogen-bond acceptors (Lipinski definition) is 16. The first-order chi connectivity index (χ1) is 39.3. The summed E-state index contributed by atoms with van der Waals surface area (Å²) in [4.78, 5) is 60.0. The van der Waals surface area contributed by atoms with Gasteiger partial charge in [0.1, 0.15) is 40.3 Å². The molecule has 0 radical (unpaired) electrons. The molecular formula is C59H68BrF2N13O4S2. The monoisotopic (exact) mass is 1200 g/mol. The average Bonchev–Trinajstić information content (AvgIpc) is 4.35. The molecule has 9 heterocycles. The third-order valence-electron chi connectivity index (χ3n) is 16.2. The highest BCUT2D eigenvalue weighted by molar-refractivity contribution is 9.11. The van der Waals surface area contributed by atoms with Gasteiger partial charge in [0.25, 0.3) is 0 Å². The molecule has 0 atom stereocenters. The molecule has 0 unspecified atom stereocenters. The van der Waals surface area contributed by atoms with Crippen LogP contribution in [0.2, 0.25) is 0 Å². The van der Waals surface area contributed by atoms with Gasteiger partial charge in [0, 0.05) is 133 Å². The highest BCUT2D eigenvalue weighted by Gasteiger charge is 2.35. The first-order valence-electron chi connectivity index (χ1n) is 27.9. The van der Waals surface area contributed by atoms with Crippen LogP contribution in [0, 0.1) is 29.4 Å². The average molecular weight is 1210 g/mol. The predicted octanol–water partition coefficient (Wildman–Crippen LogP) is 8.90. The number of aliphatic hydroxyl groups excluding tert-OH is 2. The minimum Gasteiger partial charge on any atom is -0.396 e. The molecule has 3 aliphatic heterocycles. The lowest BCUT2D eigenvalue weighted by Gasteiger charge is -2.41. The molecule has 81 heavy (non-hydrogen) atoms. The maximum absolute atomic E-state index is 13.5. The number of piperazine rings is 2. The van der Waals surface area contributed by atoms with Crippen LogP contribution in [0.5, 0.6) is 0 Å². The van der Waals surface area contributed by atoms with Crippen molar-refractivity contribution in [1.29, 1.82) is 0 Å². The number of carbonyl (C=O) groups excluding carboxylic acids is 2. The van der Waals surface area contributed by atoms with Gasteiger partial charge in [-0.3, -0.25) is 28.2 Å². The van der Waals surface area contributed by atoms with E-state index in [1.807, 2.05) is 24.4 Å². The SMILES string of the molecule is CCc1nc2ccc(N3CCN(CC(=O)C4CC(CO)C4)CC3)cn2c1N(C)c1nc(-c2ccc(F)cc2)c(Br)s1.CCc1nc2ccc(N3CCN(CC(=O)N4CC(CO)C4)CC3)cn2c1N(C)c1nc(-c2ccc(F)cc2)cs1. The van der Waals surface area contributed by atoms with E-state index >= 15 is 0 Å². The number of halogens is 3. The van der Waals surface area contributed by atoms with E-state index in [1.165, 1.54) is 35.6 Å². The van der Waals surface area contributed by atoms with Gasteiger partial charge in [0.05, 0.1) is 51.0 Å². The Balaban J connectivity index is 0.000000170. The van der Waals surface area contributed by atoms with Crippen LogP contribution in [0.25, 0.3) is 33.8 Å². The van der Waals surface area contributed by atoms with Crippen molar-refractivity contribution in [2.75, 3.05) is 125 Å². The van der Waals surface area contributed by atoms with Crippen molar-refractivity contribution in [1.82, 2.24) is 43.4 Å². The molecule has 22 heteroatoms. The molecule has 6 aromatic heterocycles. The zero-order chi connectivity index (χ0) is 56.5. The van der Waals surface area contributed by atoms with Gasteiger partial charge in [0.15, 0.2) is 10.3 Å². The molecule has 17 nitrogen and oxygen atoms in total. The number of nitrogens with zero attached hydrogens (tertiary/aromatic N) is 13. The number of likely N-dealkylation sites (tertiary alicyclic amines) is 1. The number of thiazole rings is 2. The molecule has 8 aromatic rings. The minimum absolute atomic E-state index is 0.127. The number of imidazole rings is 2. The first kappa shape index (κ1) is 56.5. The number of aryl methyl sites for hydroxylation is 2. The van der Waals surface area contributed by atoms with E-state index in [4.69, 9.17) is 19.9 Å². The van der Waals surface area contributed by atoms with Gasteiger partial charge in [-0.2, -0.15) is 0 Å². The summed E-state index contributed by atoms with van der Waals surface area (Å²) in [6, 6.07) is 21.2. The predicted molar refractivity (Wildman–Crippen MR) is 321 cm³/mol. The molecule has 4 fully saturated rings. The molecule has 1 saturated carbocycles. The van der Waals surface area contributed by atoms with E-state index in [0.29, 0.717) is 37.9 Å². The van der Waals surface area contributed by atoms with Crippen LogP contribution in [0.4, 0.5) is 42.1 Å². The summed E-state index contributed by atoms with van der Waals surface area (Å²) >= 11 is 6.75. The van der Waals surface area contributed by atoms with Crippen molar-refractivity contribution in [3.05, 3.63) is 117 Å². The number of fused-ring (bicyclic) bond motifs is 2. The number of benzene rings is 2. The number of amides is 1. The summed E-state index contributed by atoms with van der Waals surface area (Å²) in [6.45, 7) is 13.6. The Bertz CT molecular complexity index is 3490. The summed E-state index contributed by atoms with van der Waals surface area (Å²) in [7, 11) is 4.02. The normalized spacial score (nSPS) is 18.0. The van der Waals surface area contributed by atoms with E-state index in [1.54, 1.807) is 35.6 Å². The second kappa shape index (κ2) is 24.6. The van der Waals surface area contributed by atoms with Crippen LogP contribution in [-0.2, 0) is 22.4 Å². The Morgan fingerprint density at radius 1 is 0.642 bits per heavy atom. The number of ketones is 1. The van der Waals surface area contributed by atoms with Crippen LogP contribution < -0.4 is 19.6 Å². The molecular weight excluding hydrogens is 1140 g/mol. The highest BCUT2D eigenvalue weighted by atomic mass is 79.9. The third kappa shape index (κ3) is 12.1. The van der Waals surface area contributed by atoms with Gasteiger partial charge >= 0.3 is 0 Å². The largest absolute Gasteiger partial charge is 0.396 e. The number of aromatic nitrogens is 6. The number of hydrogen-bond donors (Lipinski definition) is 2. The fraction of sp³-hybridized carbons (Fsp3) is 0.424. The summed E-state index contributed by atoms with van der Waals surface area (Å²) in [5.74, 6) is 2.58. The van der Waals surface area contributed by atoms with E-state index in [-0.39, 0.29) is 42.6 Å². The van der Waals surface area contributed by atoms with E-state index in [0.717, 1.165) is 160 Å². The van der Waals surface area contributed by atoms with Crippen molar-refractivity contribution in [3.8, 4) is 22.5 Å². The van der Waals surface area contributed by atoms with Gasteiger partial charge in [0.2, 0.25) is 5.91 Å². The smallest absolute Gasteiger partial charge is 0.236 e. The Morgan fingerprint density at radius 3 is 1.67 bits per heavy atom. The van der Waals surface area contributed by atoms with E-state index < -0.39 is 0 Å². The maximum atomic E-state index is 13.5. The molecule has 0 bridgehead atoms. The molecule has 2 aromatic carbocycles. The third-order valence-corrected chi connectivity index (χ3v) is 18.9. The van der Waals surface area contributed by atoms with E-state index in [9.17, 15) is 28.6 Å². The van der Waals surface area contributed by atoms with Crippen molar-refractivity contribution in [2.45, 2.75) is 39.5 Å². The number of Topliss-reactive ketones (excluding diaryl/α,β-unsaturated/α-hetero) is 1. The minimum atomic E-state index is -0.271. The van der Waals surface area contributed by atoms with Crippen LogP contribution in [0.3, 0.4) is 0 Å². The zero-order valence-corrected chi connectivity index (χ0v) is 49.3. The van der Waals surface area contributed by atoms with Crippen LogP contribution in [-0.4, -0.2) is 171 Å². The number of anilines is 6. The molecule has 0 spiro atoms. The Hall–Kier alpha value is -6.40. The highest BCUT2D eigenvalue weighted by Crippen LogP contribution is 2.41. The number of pyridine rings is 2. The van der Waals surface area contributed by atoms with Crippen LogP contribution >= 0.6 is 38.6 Å². The Kier molecular flexibility index (Phi) is 17.1. The fourth-order valence-electron chi connectivity index (χ4n) is 11.3. The Morgan fingerprint density at radius 2 is 1.15 bits per heavy atom. The van der Waals surface area contributed by atoms with Crippen molar-refractivity contribution in [2.24, 2.45) is 17.8 Å². The quantitative estimate of drug-likeness (QED) is 0.0891. The van der Waals surface area contributed by atoms with Gasteiger partial charge in [-0.05, 0) is 120 Å². The maximum Gasteiger partial charge on any atom is 0.236 e. The summed E-state index contributed by atoms with van der Waals surface area (Å²) in [5, 5.41) is 22.1. The second-order valence-electron chi connectivity index (χ2n) is 21.5. The van der Waals surface area contributed by atoms with E-state index in [2.05, 4.69) is 105 Å². The molecule has 2 N–H and O–H groups in total. The van der Waals surface area contributed by atoms with Gasteiger partial charge in [-0.15, -0.1) is 11.3 Å². The first-order valence-corrected chi connectivity index (χ1v) is 30.4. The molecule has 1 aliphatic carbocycles. The van der Waals surface area contributed by atoms with Gasteiger partial charge in [-0.1, -0.05) is 25.2 Å². The zero-order valence-electron chi connectivity index (χ0n) is 46.1.